The lowest BCUT2D eigenvalue weighted by Gasteiger charge is -2.35. The van der Waals surface area contributed by atoms with Crippen molar-refractivity contribution in [2.45, 2.75) is 5.92 Å². The molecule has 37 heavy (non-hydrogen) atoms. The average molecular weight is 516 g/mol. The molecule has 0 radical (unpaired) electrons. The second kappa shape index (κ2) is 10.9. The quantitative estimate of drug-likeness (QED) is 0.454. The molecule has 1 unspecified atom stereocenters. The highest BCUT2D eigenvalue weighted by Gasteiger charge is 2.42. The maximum atomic E-state index is 13.1. The van der Waals surface area contributed by atoms with Crippen LogP contribution in [0.4, 0.5) is 5.69 Å². The Hall–Kier alpha value is -4.74. The van der Waals surface area contributed by atoms with Crippen LogP contribution < -0.4 is 15.4 Å². The van der Waals surface area contributed by atoms with E-state index >= 15 is 0 Å². The lowest BCUT2D eigenvalue weighted by atomic mass is 9.81. The summed E-state index contributed by atoms with van der Waals surface area (Å²) in [4.78, 5) is 27.5. The summed E-state index contributed by atoms with van der Waals surface area (Å²) in [5, 5.41) is 10.6. The van der Waals surface area contributed by atoms with Crippen LogP contribution in [0.2, 0.25) is 5.02 Å². The molecule has 1 atom stereocenters. The van der Waals surface area contributed by atoms with E-state index in [2.05, 4.69) is 6.07 Å². The number of esters is 2. The molecule has 0 fully saturated rings. The van der Waals surface area contributed by atoms with Gasteiger partial charge in [0.1, 0.15) is 23.0 Å². The predicted molar refractivity (Wildman–Crippen MR) is 138 cm³/mol. The van der Waals surface area contributed by atoms with E-state index in [1.807, 2.05) is 0 Å². The number of rotatable bonds is 6. The fourth-order valence-electron chi connectivity index (χ4n) is 4.11. The van der Waals surface area contributed by atoms with Crippen molar-refractivity contribution in [3.63, 3.8) is 0 Å². The SMILES string of the molecule is COC(=O)C1=C(C(=O)OC)N(c2ccc(Oc3cccc(Cl)c3)cc2)C(N)=C(C#N)C1c1ccccc1. The maximum Gasteiger partial charge on any atom is 0.355 e. The van der Waals surface area contributed by atoms with Crippen molar-refractivity contribution in [3.8, 4) is 17.6 Å². The first-order valence-corrected chi connectivity index (χ1v) is 11.5. The number of allylic oxidation sites excluding steroid dienone is 1. The monoisotopic (exact) mass is 515 g/mol. The van der Waals surface area contributed by atoms with Crippen LogP contribution in [0.15, 0.2) is 102 Å². The minimum absolute atomic E-state index is 0.0204. The first-order chi connectivity index (χ1) is 17.9. The zero-order valence-corrected chi connectivity index (χ0v) is 20.7. The lowest BCUT2D eigenvalue weighted by Crippen LogP contribution is -2.40. The number of anilines is 1. The highest BCUT2D eigenvalue weighted by atomic mass is 35.5. The number of carbonyl (C=O) groups is 2. The van der Waals surface area contributed by atoms with E-state index in [9.17, 15) is 14.9 Å². The first-order valence-electron chi connectivity index (χ1n) is 11.1. The number of nitrogens with two attached hydrogens (primary N) is 1. The van der Waals surface area contributed by atoms with Crippen LogP contribution >= 0.6 is 11.6 Å². The number of methoxy groups -OCH3 is 2. The second-order valence-electron chi connectivity index (χ2n) is 7.89. The third kappa shape index (κ3) is 4.99. The van der Waals surface area contributed by atoms with Gasteiger partial charge < -0.3 is 19.9 Å². The van der Waals surface area contributed by atoms with Gasteiger partial charge in [-0.05, 0) is 48.0 Å². The minimum atomic E-state index is -0.936. The third-order valence-electron chi connectivity index (χ3n) is 5.74. The Balaban J connectivity index is 1.86. The number of ether oxygens (including phenoxy) is 3. The molecule has 3 aromatic carbocycles. The highest BCUT2D eigenvalue weighted by Crippen LogP contribution is 2.43. The Bertz CT molecular complexity index is 1440. The molecule has 8 nitrogen and oxygen atoms in total. The van der Waals surface area contributed by atoms with Crippen LogP contribution in [-0.2, 0) is 19.1 Å². The number of nitriles is 1. The summed E-state index contributed by atoms with van der Waals surface area (Å²) in [5.41, 5.74) is 7.36. The number of carbonyl (C=O) groups excluding carboxylic acids is 2. The molecule has 0 saturated carbocycles. The molecule has 2 N–H and O–H groups in total. The molecule has 4 rings (SSSR count). The molecular formula is C28H22ClN3O5. The van der Waals surface area contributed by atoms with Crippen LogP contribution in [-0.4, -0.2) is 26.2 Å². The summed E-state index contributed by atoms with van der Waals surface area (Å²) < 4.78 is 15.9. The van der Waals surface area contributed by atoms with Gasteiger partial charge >= 0.3 is 11.9 Å². The van der Waals surface area contributed by atoms with Crippen LogP contribution in [0.3, 0.4) is 0 Å². The van der Waals surface area contributed by atoms with Gasteiger partial charge in [0.25, 0.3) is 0 Å². The van der Waals surface area contributed by atoms with E-state index in [1.54, 1.807) is 78.9 Å². The summed E-state index contributed by atoms with van der Waals surface area (Å²) >= 11 is 6.03. The normalized spacial score (nSPS) is 15.2. The topological polar surface area (TPSA) is 115 Å². The van der Waals surface area contributed by atoms with Gasteiger partial charge in [-0.15, -0.1) is 0 Å². The Morgan fingerprint density at radius 1 is 0.919 bits per heavy atom. The van der Waals surface area contributed by atoms with Gasteiger partial charge in [0.2, 0.25) is 0 Å². The molecule has 0 saturated heterocycles. The second-order valence-corrected chi connectivity index (χ2v) is 8.33. The smallest absolute Gasteiger partial charge is 0.355 e. The Kier molecular flexibility index (Phi) is 7.47. The van der Waals surface area contributed by atoms with Crippen molar-refractivity contribution in [2.24, 2.45) is 5.73 Å². The van der Waals surface area contributed by atoms with Crippen LogP contribution in [0.1, 0.15) is 11.5 Å². The van der Waals surface area contributed by atoms with E-state index in [0.717, 1.165) is 0 Å². The van der Waals surface area contributed by atoms with Crippen LogP contribution in [0.5, 0.6) is 11.5 Å². The molecule has 1 aliphatic heterocycles. The van der Waals surface area contributed by atoms with Crippen molar-refractivity contribution in [3.05, 3.63) is 112 Å². The van der Waals surface area contributed by atoms with Crippen molar-refractivity contribution < 1.29 is 23.8 Å². The number of nitrogens with zero attached hydrogens (tertiary/aromatic N) is 2. The number of hydrogen-bond donors (Lipinski definition) is 1. The van der Waals surface area contributed by atoms with Crippen molar-refractivity contribution in [2.75, 3.05) is 19.1 Å². The lowest BCUT2D eigenvalue weighted by molar-refractivity contribution is -0.139. The number of benzene rings is 3. The van der Waals surface area contributed by atoms with E-state index in [4.69, 9.17) is 31.5 Å². The highest BCUT2D eigenvalue weighted by molar-refractivity contribution is 6.30. The van der Waals surface area contributed by atoms with Crippen LogP contribution in [0.25, 0.3) is 0 Å². The standard InChI is InChI=1S/C28H22ClN3O5/c1-35-27(33)24-23(17-7-4-3-5-8-17)22(16-30)26(31)32(25(24)28(34)36-2)19-11-13-20(14-12-19)37-21-10-6-9-18(29)15-21/h3-15,23H,31H2,1-2H3. The van der Waals surface area contributed by atoms with E-state index in [0.29, 0.717) is 27.8 Å². The van der Waals surface area contributed by atoms with Crippen molar-refractivity contribution in [1.29, 1.82) is 5.26 Å². The molecule has 186 valence electrons. The van der Waals surface area contributed by atoms with E-state index in [1.165, 1.54) is 19.1 Å². The predicted octanol–water partition coefficient (Wildman–Crippen LogP) is 5.03. The average Bonchev–Trinajstić information content (AvgIpc) is 2.92. The Morgan fingerprint density at radius 3 is 2.19 bits per heavy atom. The molecule has 0 aromatic heterocycles. The summed E-state index contributed by atoms with van der Waals surface area (Å²) in [6.45, 7) is 0. The molecule has 1 heterocycles. The fourth-order valence-corrected chi connectivity index (χ4v) is 4.29. The van der Waals surface area contributed by atoms with E-state index in [-0.39, 0.29) is 22.7 Å². The molecule has 3 aromatic rings. The van der Waals surface area contributed by atoms with Crippen LogP contribution in [0, 0.1) is 11.3 Å². The van der Waals surface area contributed by atoms with E-state index < -0.39 is 17.9 Å². The number of hydrogen-bond acceptors (Lipinski definition) is 8. The molecular weight excluding hydrogens is 494 g/mol. The van der Waals surface area contributed by atoms with Gasteiger partial charge in [-0.25, -0.2) is 9.59 Å². The first kappa shape index (κ1) is 25.4. The van der Waals surface area contributed by atoms with Gasteiger partial charge in [0.15, 0.2) is 0 Å². The zero-order chi connectivity index (χ0) is 26.5. The van der Waals surface area contributed by atoms with Gasteiger partial charge in [0.05, 0.1) is 37.4 Å². The fraction of sp³-hybridized carbons (Fsp3) is 0.107. The molecule has 1 aliphatic rings. The molecule has 0 amide bonds. The minimum Gasteiger partial charge on any atom is -0.466 e. The molecule has 0 aliphatic carbocycles. The Morgan fingerprint density at radius 2 is 1.59 bits per heavy atom. The maximum absolute atomic E-state index is 13.1. The summed E-state index contributed by atoms with van der Waals surface area (Å²) in [6, 6.07) is 24.5. The van der Waals surface area contributed by atoms with Gasteiger partial charge in [-0.1, -0.05) is 48.0 Å². The van der Waals surface area contributed by atoms with Crippen molar-refractivity contribution >= 4 is 29.2 Å². The molecule has 9 heteroatoms. The summed E-state index contributed by atoms with van der Waals surface area (Å²) in [5.74, 6) is -1.54. The summed E-state index contributed by atoms with van der Waals surface area (Å²) in [7, 11) is 2.40. The zero-order valence-electron chi connectivity index (χ0n) is 20.0. The largest absolute Gasteiger partial charge is 0.466 e. The van der Waals surface area contributed by atoms with Gasteiger partial charge in [0, 0.05) is 10.7 Å². The van der Waals surface area contributed by atoms with Crippen molar-refractivity contribution in [1.82, 2.24) is 0 Å². The van der Waals surface area contributed by atoms with Gasteiger partial charge in [-0.2, -0.15) is 5.26 Å². The number of halogens is 1. The third-order valence-corrected chi connectivity index (χ3v) is 5.97. The van der Waals surface area contributed by atoms with Gasteiger partial charge in [-0.3, -0.25) is 4.90 Å². The summed E-state index contributed by atoms with van der Waals surface area (Å²) in [6.07, 6.45) is 0. The Labute approximate surface area is 218 Å². The molecule has 0 spiro atoms. The molecule has 0 bridgehead atoms.